The molecule has 0 spiro atoms. The van der Waals surface area contributed by atoms with Gasteiger partial charge in [0.05, 0.1) is 24.2 Å². The molecule has 1 aromatic carbocycles. The Kier molecular flexibility index (Phi) is 2.42. The van der Waals surface area contributed by atoms with Gasteiger partial charge in [-0.3, -0.25) is 0 Å². The van der Waals surface area contributed by atoms with Crippen LogP contribution in [-0.2, 0) is 0 Å². The Morgan fingerprint density at radius 3 is 2.59 bits per heavy atom. The molecule has 0 fully saturated rings. The fourth-order valence-corrected chi connectivity index (χ4v) is 1.96. The summed E-state index contributed by atoms with van der Waals surface area (Å²) in [6.45, 7) is 5.66. The van der Waals surface area contributed by atoms with E-state index in [4.69, 9.17) is 9.47 Å². The molecule has 0 atom stereocenters. The van der Waals surface area contributed by atoms with Crippen LogP contribution in [0.25, 0.3) is 11.0 Å². The molecule has 90 valence electrons. The van der Waals surface area contributed by atoms with Crippen molar-refractivity contribution in [2.45, 2.75) is 26.2 Å². The van der Waals surface area contributed by atoms with Crippen LogP contribution in [0.2, 0.25) is 0 Å². The minimum atomic E-state index is 0.393. The minimum absolute atomic E-state index is 0.393. The van der Waals surface area contributed by atoms with Crippen molar-refractivity contribution in [2.24, 2.45) is 0 Å². The van der Waals surface area contributed by atoms with Gasteiger partial charge in [-0.15, -0.1) is 0 Å². The van der Waals surface area contributed by atoms with E-state index in [2.05, 4.69) is 23.8 Å². The highest BCUT2D eigenvalue weighted by Gasteiger charge is 2.14. The monoisotopic (exact) mass is 232 g/mol. The second-order valence-corrected chi connectivity index (χ2v) is 4.64. The lowest BCUT2D eigenvalue weighted by Crippen LogP contribution is -1.97. The first kappa shape index (κ1) is 10.4. The highest BCUT2D eigenvalue weighted by Crippen LogP contribution is 2.33. The third-order valence-electron chi connectivity index (χ3n) is 2.92. The number of aromatic nitrogens is 2. The molecule has 0 radical (unpaired) electrons. The smallest absolute Gasteiger partial charge is 0.163 e. The second kappa shape index (κ2) is 3.95. The van der Waals surface area contributed by atoms with Gasteiger partial charge >= 0.3 is 0 Å². The molecule has 0 amide bonds. The summed E-state index contributed by atoms with van der Waals surface area (Å²) in [5.74, 6) is 3.01. The number of H-pyrrole nitrogens is 1. The van der Waals surface area contributed by atoms with E-state index >= 15 is 0 Å². The van der Waals surface area contributed by atoms with Crippen molar-refractivity contribution < 1.29 is 9.47 Å². The number of nitrogens with one attached hydrogen (secondary N) is 1. The first-order valence-electron chi connectivity index (χ1n) is 6.03. The zero-order chi connectivity index (χ0) is 11.8. The molecular formula is C13H16N2O2. The lowest BCUT2D eigenvalue weighted by Gasteiger charge is -2.05. The number of ether oxygens (including phenoxy) is 2. The summed E-state index contributed by atoms with van der Waals surface area (Å²) in [5.41, 5.74) is 1.95. The van der Waals surface area contributed by atoms with Gasteiger partial charge in [0.2, 0.25) is 0 Å². The van der Waals surface area contributed by atoms with E-state index in [1.165, 1.54) is 0 Å². The molecule has 0 saturated carbocycles. The zero-order valence-corrected chi connectivity index (χ0v) is 10.1. The number of aromatic amines is 1. The third kappa shape index (κ3) is 1.84. The van der Waals surface area contributed by atoms with Crippen LogP contribution in [0.4, 0.5) is 0 Å². The Bertz CT molecular complexity index is 503. The van der Waals surface area contributed by atoms with E-state index in [1.807, 2.05) is 12.1 Å². The van der Waals surface area contributed by atoms with Gasteiger partial charge in [-0.25, -0.2) is 4.98 Å². The molecule has 0 bridgehead atoms. The van der Waals surface area contributed by atoms with Crippen LogP contribution in [0, 0.1) is 0 Å². The van der Waals surface area contributed by atoms with E-state index < -0.39 is 0 Å². The molecule has 3 rings (SSSR count). The Morgan fingerprint density at radius 2 is 1.88 bits per heavy atom. The fraction of sp³-hybridized carbons (Fsp3) is 0.462. The summed E-state index contributed by atoms with van der Waals surface area (Å²) >= 11 is 0. The minimum Gasteiger partial charge on any atom is -0.489 e. The van der Waals surface area contributed by atoms with E-state index in [0.717, 1.165) is 34.8 Å². The third-order valence-corrected chi connectivity index (χ3v) is 2.92. The summed E-state index contributed by atoms with van der Waals surface area (Å²) < 4.78 is 11.3. The Hall–Kier alpha value is -1.71. The predicted molar refractivity (Wildman–Crippen MR) is 65.8 cm³/mol. The molecule has 1 aromatic heterocycles. The molecule has 0 unspecified atom stereocenters. The predicted octanol–water partition coefficient (Wildman–Crippen LogP) is 2.85. The van der Waals surface area contributed by atoms with Crippen molar-refractivity contribution in [3.05, 3.63) is 18.0 Å². The maximum absolute atomic E-state index is 5.65. The van der Waals surface area contributed by atoms with Gasteiger partial charge in [0, 0.05) is 24.5 Å². The fourth-order valence-electron chi connectivity index (χ4n) is 1.96. The lowest BCUT2D eigenvalue weighted by molar-refractivity contribution is 0.297. The number of hydrogen-bond acceptors (Lipinski definition) is 3. The summed E-state index contributed by atoms with van der Waals surface area (Å²) in [4.78, 5) is 7.88. The van der Waals surface area contributed by atoms with Crippen LogP contribution in [0.5, 0.6) is 11.5 Å². The molecule has 17 heavy (non-hydrogen) atoms. The van der Waals surface area contributed by atoms with Crippen LogP contribution in [0.3, 0.4) is 0 Å². The van der Waals surface area contributed by atoms with Gasteiger partial charge in [0.25, 0.3) is 0 Å². The number of rotatable bonds is 1. The Balaban J connectivity index is 2.12. The number of hydrogen-bond donors (Lipinski definition) is 1. The standard InChI is InChI=1S/C13H16N2O2/c1-8(2)13-14-9-6-11-12(7-10(9)15-13)17-5-3-4-16-11/h6-8H,3-5H2,1-2H3,(H,14,15). The van der Waals surface area contributed by atoms with E-state index in [0.29, 0.717) is 19.1 Å². The van der Waals surface area contributed by atoms with Crippen molar-refractivity contribution in [3.63, 3.8) is 0 Å². The van der Waals surface area contributed by atoms with Crippen molar-refractivity contribution in [2.75, 3.05) is 13.2 Å². The Morgan fingerprint density at radius 1 is 1.18 bits per heavy atom. The first-order chi connectivity index (χ1) is 8.24. The normalized spacial score (nSPS) is 15.2. The summed E-state index contributed by atoms with van der Waals surface area (Å²) in [7, 11) is 0. The zero-order valence-electron chi connectivity index (χ0n) is 10.1. The molecule has 1 N–H and O–H groups in total. The van der Waals surface area contributed by atoms with Gasteiger partial charge in [-0.2, -0.15) is 0 Å². The molecule has 2 heterocycles. The summed E-state index contributed by atoms with van der Waals surface area (Å²) in [6.07, 6.45) is 0.924. The van der Waals surface area contributed by atoms with Crippen LogP contribution < -0.4 is 9.47 Å². The first-order valence-corrected chi connectivity index (χ1v) is 6.03. The molecule has 4 nitrogen and oxygen atoms in total. The Labute approximate surface area is 100.0 Å². The van der Waals surface area contributed by atoms with Gasteiger partial charge in [-0.1, -0.05) is 13.8 Å². The average Bonchev–Trinajstić information content (AvgIpc) is 2.58. The van der Waals surface area contributed by atoms with Gasteiger partial charge in [0.1, 0.15) is 5.82 Å². The van der Waals surface area contributed by atoms with Crippen LogP contribution in [0.15, 0.2) is 12.1 Å². The molecule has 0 aliphatic carbocycles. The number of imidazole rings is 1. The molecule has 1 aliphatic rings. The largest absolute Gasteiger partial charge is 0.489 e. The molecule has 1 aliphatic heterocycles. The maximum Gasteiger partial charge on any atom is 0.163 e. The maximum atomic E-state index is 5.65. The topological polar surface area (TPSA) is 47.1 Å². The molecule has 4 heteroatoms. The van der Waals surface area contributed by atoms with Gasteiger partial charge in [0.15, 0.2) is 11.5 Å². The number of nitrogens with zero attached hydrogens (tertiary/aromatic N) is 1. The lowest BCUT2D eigenvalue weighted by atomic mass is 10.2. The van der Waals surface area contributed by atoms with E-state index in [1.54, 1.807) is 0 Å². The van der Waals surface area contributed by atoms with Crippen LogP contribution in [-0.4, -0.2) is 23.2 Å². The van der Waals surface area contributed by atoms with Crippen LogP contribution in [0.1, 0.15) is 32.0 Å². The number of fused-ring (bicyclic) bond motifs is 2. The SMILES string of the molecule is CC(C)c1nc2cc3c(cc2[nH]1)OCCCO3. The van der Waals surface area contributed by atoms with Gasteiger partial charge < -0.3 is 14.5 Å². The van der Waals surface area contributed by atoms with Crippen molar-refractivity contribution in [1.29, 1.82) is 0 Å². The van der Waals surface area contributed by atoms with Crippen molar-refractivity contribution in [1.82, 2.24) is 9.97 Å². The summed E-state index contributed by atoms with van der Waals surface area (Å²) in [5, 5.41) is 0. The van der Waals surface area contributed by atoms with E-state index in [9.17, 15) is 0 Å². The second-order valence-electron chi connectivity index (χ2n) is 4.64. The number of benzene rings is 1. The summed E-state index contributed by atoms with van der Waals surface area (Å²) in [6, 6.07) is 3.94. The van der Waals surface area contributed by atoms with E-state index in [-0.39, 0.29) is 0 Å². The molecular weight excluding hydrogens is 216 g/mol. The quantitative estimate of drug-likeness (QED) is 0.822. The highest BCUT2D eigenvalue weighted by molar-refractivity contribution is 5.79. The average molecular weight is 232 g/mol. The molecule has 2 aromatic rings. The highest BCUT2D eigenvalue weighted by atomic mass is 16.5. The molecule has 0 saturated heterocycles. The van der Waals surface area contributed by atoms with Gasteiger partial charge in [-0.05, 0) is 0 Å². The van der Waals surface area contributed by atoms with Crippen molar-refractivity contribution in [3.8, 4) is 11.5 Å². The van der Waals surface area contributed by atoms with Crippen molar-refractivity contribution >= 4 is 11.0 Å². The van der Waals surface area contributed by atoms with Crippen LogP contribution >= 0.6 is 0 Å².